The third kappa shape index (κ3) is 1.01. The molecule has 0 amide bonds. The van der Waals surface area contributed by atoms with E-state index in [0.717, 1.165) is 11.1 Å². The Balaban J connectivity index is 2.00. The summed E-state index contributed by atoms with van der Waals surface area (Å²) in [6.07, 6.45) is 6.76. The predicted molar refractivity (Wildman–Crippen MR) is 56.8 cm³/mol. The molecule has 0 spiro atoms. The number of rotatable bonds is 0. The molecule has 1 saturated heterocycles. The smallest absolute Gasteiger partial charge is 0.178 e. The van der Waals surface area contributed by atoms with E-state index in [4.69, 9.17) is 0 Å². The summed E-state index contributed by atoms with van der Waals surface area (Å²) in [5.74, 6) is 1.16. The lowest BCUT2D eigenvalue weighted by Crippen LogP contribution is -2.30. The zero-order valence-corrected chi connectivity index (χ0v) is 8.53. The van der Waals surface area contributed by atoms with Crippen molar-refractivity contribution in [1.29, 1.82) is 0 Å². The van der Waals surface area contributed by atoms with E-state index in [1.165, 1.54) is 24.2 Å². The van der Waals surface area contributed by atoms with Gasteiger partial charge in [-0.3, -0.25) is 4.99 Å². The second-order valence-corrected chi connectivity index (χ2v) is 6.08. The van der Waals surface area contributed by atoms with Gasteiger partial charge in [0.25, 0.3) is 0 Å². The normalized spacial score (nSPS) is 41.2. The van der Waals surface area contributed by atoms with Gasteiger partial charge >= 0.3 is 0 Å². The summed E-state index contributed by atoms with van der Waals surface area (Å²) in [7, 11) is 0.537. The van der Waals surface area contributed by atoms with E-state index in [2.05, 4.69) is 21.9 Å². The average Bonchev–Trinajstić information content (AvgIpc) is 2.70. The van der Waals surface area contributed by atoms with Gasteiger partial charge in [0.05, 0.1) is 30.0 Å². The SMILES string of the molecule is C[S+]1CNC2=C3NC=NC3CCC21. The molecule has 0 radical (unpaired) electrons. The van der Waals surface area contributed by atoms with Crippen molar-refractivity contribution in [1.82, 2.24) is 10.6 Å². The van der Waals surface area contributed by atoms with Crippen molar-refractivity contribution in [3.8, 4) is 0 Å². The van der Waals surface area contributed by atoms with Gasteiger partial charge in [0, 0.05) is 17.3 Å². The standard InChI is InChI=1S/C9H14N3S/c1-13-5-12-9-7(13)3-2-6-8(9)11-4-10-6/h4,6-7,12H,2-3,5H2,1H3,(H,10,11)/q+1. The number of hydrogen-bond acceptors (Lipinski definition) is 3. The molecule has 3 nitrogen and oxygen atoms in total. The molecule has 1 aliphatic carbocycles. The predicted octanol–water partition coefficient (Wildman–Crippen LogP) is 0.169. The van der Waals surface area contributed by atoms with E-state index in [1.54, 1.807) is 0 Å². The maximum Gasteiger partial charge on any atom is 0.178 e. The first-order chi connectivity index (χ1) is 6.36. The molecule has 4 heteroatoms. The molecule has 13 heavy (non-hydrogen) atoms. The molecule has 3 atom stereocenters. The van der Waals surface area contributed by atoms with Crippen LogP contribution in [0.25, 0.3) is 0 Å². The maximum atomic E-state index is 4.41. The fourth-order valence-electron chi connectivity index (χ4n) is 2.37. The van der Waals surface area contributed by atoms with Crippen LogP contribution in [-0.4, -0.2) is 29.8 Å². The van der Waals surface area contributed by atoms with Gasteiger partial charge in [-0.2, -0.15) is 0 Å². The Morgan fingerprint density at radius 2 is 2.38 bits per heavy atom. The molecule has 0 aromatic carbocycles. The molecular weight excluding hydrogens is 182 g/mol. The number of fused-ring (bicyclic) bond motifs is 2. The van der Waals surface area contributed by atoms with Crippen molar-refractivity contribution >= 4 is 17.2 Å². The quantitative estimate of drug-likeness (QED) is 0.542. The molecular formula is C9H14N3S+. The Morgan fingerprint density at radius 1 is 1.46 bits per heavy atom. The average molecular weight is 196 g/mol. The molecule has 2 aliphatic heterocycles. The van der Waals surface area contributed by atoms with Gasteiger partial charge in [-0.1, -0.05) is 0 Å². The van der Waals surface area contributed by atoms with E-state index in [9.17, 15) is 0 Å². The van der Waals surface area contributed by atoms with Crippen LogP contribution in [0.2, 0.25) is 0 Å². The van der Waals surface area contributed by atoms with Crippen LogP contribution in [0.4, 0.5) is 0 Å². The summed E-state index contributed by atoms with van der Waals surface area (Å²) in [6, 6.07) is 0.439. The van der Waals surface area contributed by atoms with Crippen LogP contribution in [0, 0.1) is 0 Å². The molecule has 2 heterocycles. The number of aliphatic imine (C=N–C) groups is 1. The van der Waals surface area contributed by atoms with Gasteiger partial charge in [0.15, 0.2) is 11.1 Å². The molecule has 1 fully saturated rings. The number of hydrogen-bond donors (Lipinski definition) is 2. The second-order valence-electron chi connectivity index (χ2n) is 3.84. The highest BCUT2D eigenvalue weighted by atomic mass is 32.2. The molecule has 0 bridgehead atoms. The molecule has 3 unspecified atom stereocenters. The highest BCUT2D eigenvalue weighted by Crippen LogP contribution is 2.34. The zero-order chi connectivity index (χ0) is 8.84. The Kier molecular flexibility index (Phi) is 1.59. The van der Waals surface area contributed by atoms with Gasteiger partial charge < -0.3 is 10.6 Å². The minimum absolute atomic E-state index is 0.439. The summed E-state index contributed by atoms with van der Waals surface area (Å²) in [4.78, 5) is 4.41. The van der Waals surface area contributed by atoms with Crippen LogP contribution in [0.15, 0.2) is 16.4 Å². The monoisotopic (exact) mass is 196 g/mol. The Labute approximate surface area is 81.0 Å². The van der Waals surface area contributed by atoms with Crippen molar-refractivity contribution in [3.63, 3.8) is 0 Å². The van der Waals surface area contributed by atoms with Crippen molar-refractivity contribution in [2.24, 2.45) is 4.99 Å². The largest absolute Gasteiger partial charge is 0.347 e. The molecule has 3 rings (SSSR count). The van der Waals surface area contributed by atoms with Crippen molar-refractivity contribution in [2.45, 2.75) is 24.1 Å². The molecule has 0 saturated carbocycles. The summed E-state index contributed by atoms with van der Waals surface area (Å²) < 4.78 is 0. The van der Waals surface area contributed by atoms with E-state index in [0.29, 0.717) is 16.9 Å². The van der Waals surface area contributed by atoms with Crippen LogP contribution >= 0.6 is 0 Å². The highest BCUT2D eigenvalue weighted by molar-refractivity contribution is 7.97. The summed E-state index contributed by atoms with van der Waals surface area (Å²) >= 11 is 0. The topological polar surface area (TPSA) is 36.4 Å². The lowest BCUT2D eigenvalue weighted by molar-refractivity contribution is 0.593. The molecule has 0 aromatic rings. The fourth-order valence-corrected chi connectivity index (χ4v) is 4.11. The number of nitrogens with zero attached hydrogens (tertiary/aromatic N) is 1. The molecule has 3 aliphatic rings. The van der Waals surface area contributed by atoms with Gasteiger partial charge in [-0.15, -0.1) is 0 Å². The zero-order valence-electron chi connectivity index (χ0n) is 7.71. The van der Waals surface area contributed by atoms with Crippen molar-refractivity contribution in [3.05, 3.63) is 11.4 Å². The maximum absolute atomic E-state index is 4.41. The minimum Gasteiger partial charge on any atom is -0.347 e. The highest BCUT2D eigenvalue weighted by Gasteiger charge is 2.43. The lowest BCUT2D eigenvalue weighted by atomic mass is 9.97. The Hall–Kier alpha value is -0.640. The Morgan fingerprint density at radius 3 is 3.31 bits per heavy atom. The summed E-state index contributed by atoms with van der Waals surface area (Å²) in [5.41, 5.74) is 2.81. The summed E-state index contributed by atoms with van der Waals surface area (Å²) in [5, 5.41) is 7.60. The van der Waals surface area contributed by atoms with Gasteiger partial charge in [-0.25, -0.2) is 0 Å². The van der Waals surface area contributed by atoms with Crippen LogP contribution < -0.4 is 10.6 Å². The summed E-state index contributed by atoms with van der Waals surface area (Å²) in [6.45, 7) is 0. The van der Waals surface area contributed by atoms with Crippen molar-refractivity contribution in [2.75, 3.05) is 12.1 Å². The van der Waals surface area contributed by atoms with Crippen LogP contribution in [0.5, 0.6) is 0 Å². The first-order valence-corrected chi connectivity index (χ1v) is 6.60. The van der Waals surface area contributed by atoms with Crippen LogP contribution in [-0.2, 0) is 10.9 Å². The van der Waals surface area contributed by atoms with Gasteiger partial charge in [0.1, 0.15) is 0 Å². The minimum atomic E-state index is 0.439. The molecule has 0 aromatic heterocycles. The number of nitrogens with one attached hydrogen (secondary N) is 2. The van der Waals surface area contributed by atoms with Gasteiger partial charge in [0.2, 0.25) is 0 Å². The van der Waals surface area contributed by atoms with E-state index < -0.39 is 0 Å². The van der Waals surface area contributed by atoms with Crippen molar-refractivity contribution < 1.29 is 0 Å². The van der Waals surface area contributed by atoms with E-state index >= 15 is 0 Å². The van der Waals surface area contributed by atoms with Crippen LogP contribution in [0.3, 0.4) is 0 Å². The van der Waals surface area contributed by atoms with Gasteiger partial charge in [-0.05, 0) is 6.42 Å². The first-order valence-electron chi connectivity index (χ1n) is 4.74. The van der Waals surface area contributed by atoms with Crippen LogP contribution in [0.1, 0.15) is 12.8 Å². The molecule has 70 valence electrons. The lowest BCUT2D eigenvalue weighted by Gasteiger charge is -2.21. The molecule has 2 N–H and O–H groups in total. The second kappa shape index (κ2) is 2.67. The van der Waals surface area contributed by atoms with E-state index in [-0.39, 0.29) is 0 Å². The first kappa shape index (κ1) is 7.74. The third-order valence-corrected chi connectivity index (χ3v) is 5.14. The third-order valence-electron chi connectivity index (χ3n) is 3.10. The van der Waals surface area contributed by atoms with E-state index in [1.807, 2.05) is 6.34 Å². The fraction of sp³-hybridized carbons (Fsp3) is 0.667. The Bertz CT molecular complexity index is 297.